The highest BCUT2D eigenvalue weighted by Gasteiger charge is 2.54. The van der Waals surface area contributed by atoms with Crippen LogP contribution in [0.5, 0.6) is 11.5 Å². The second-order valence-corrected chi connectivity index (χ2v) is 16.6. The third kappa shape index (κ3) is 5.05. The molecule has 0 aromatic heterocycles. The molecule has 0 atom stereocenters. The zero-order valence-corrected chi connectivity index (χ0v) is 27.1. The molecule has 2 aromatic carbocycles. The van der Waals surface area contributed by atoms with E-state index in [-0.39, 0.29) is 5.41 Å². The SMILES string of the molecule is C1=C(COCCOc2c(C34CC5CC(CC(C5)C3)C4)cc3c(C45CC6CC(CC(C6)C4)C5)cccc3c2OCCOCC2=CO2)O1. The van der Waals surface area contributed by atoms with Gasteiger partial charge in [-0.25, -0.2) is 0 Å². The largest absolute Gasteiger partial charge is 0.487 e. The molecule has 2 aromatic rings. The summed E-state index contributed by atoms with van der Waals surface area (Å²) in [6, 6.07) is 9.73. The molecule has 8 aliphatic carbocycles. The first kappa shape index (κ1) is 28.3. The summed E-state index contributed by atoms with van der Waals surface area (Å²) < 4.78 is 35.9. The minimum atomic E-state index is 0.171. The number of ether oxygens (including phenoxy) is 6. The normalized spacial score (nSPS) is 37.1. The zero-order valence-electron chi connectivity index (χ0n) is 27.1. The van der Waals surface area contributed by atoms with Crippen molar-refractivity contribution in [2.45, 2.75) is 87.9 Å². The van der Waals surface area contributed by atoms with Crippen molar-refractivity contribution in [3.63, 3.8) is 0 Å². The van der Waals surface area contributed by atoms with E-state index in [1.165, 1.54) is 93.4 Å². The topological polar surface area (TPSA) is 62.0 Å². The molecular formula is C40H48O6. The highest BCUT2D eigenvalue weighted by Crippen LogP contribution is 2.65. The molecule has 0 spiro atoms. The second-order valence-electron chi connectivity index (χ2n) is 16.6. The van der Waals surface area contributed by atoms with Crippen LogP contribution in [0.4, 0.5) is 0 Å². The van der Waals surface area contributed by atoms with Gasteiger partial charge in [-0.15, -0.1) is 0 Å². The monoisotopic (exact) mass is 624 g/mol. The van der Waals surface area contributed by atoms with E-state index in [9.17, 15) is 0 Å². The van der Waals surface area contributed by atoms with Crippen LogP contribution in [0.25, 0.3) is 10.8 Å². The molecule has 12 rings (SSSR count). The fourth-order valence-corrected chi connectivity index (χ4v) is 12.4. The van der Waals surface area contributed by atoms with E-state index >= 15 is 0 Å². The molecule has 2 heterocycles. The Bertz CT molecular complexity index is 1520. The third-order valence-electron chi connectivity index (χ3n) is 13.3. The Hall–Kier alpha value is -2.70. The molecule has 8 bridgehead atoms. The average molecular weight is 625 g/mol. The molecule has 0 radical (unpaired) electrons. The van der Waals surface area contributed by atoms with Crippen LogP contribution < -0.4 is 9.47 Å². The maximum absolute atomic E-state index is 6.88. The molecule has 244 valence electrons. The summed E-state index contributed by atoms with van der Waals surface area (Å²) in [5, 5.41) is 2.64. The van der Waals surface area contributed by atoms with Crippen molar-refractivity contribution in [3.8, 4) is 11.5 Å². The summed E-state index contributed by atoms with van der Waals surface area (Å²) in [5.74, 6) is 8.97. The molecule has 2 aliphatic heterocycles. The Kier molecular flexibility index (Phi) is 6.72. The Labute approximate surface area is 272 Å². The summed E-state index contributed by atoms with van der Waals surface area (Å²) >= 11 is 0. The van der Waals surface area contributed by atoms with Crippen LogP contribution >= 0.6 is 0 Å². The molecule has 0 unspecified atom stereocenters. The van der Waals surface area contributed by atoms with Crippen LogP contribution in [-0.2, 0) is 29.8 Å². The van der Waals surface area contributed by atoms with Crippen molar-refractivity contribution in [1.82, 2.24) is 0 Å². The summed E-state index contributed by atoms with van der Waals surface area (Å²) in [6.45, 7) is 3.02. The fraction of sp³-hybridized carbons (Fsp3) is 0.650. The van der Waals surface area contributed by atoms with E-state index in [1.807, 2.05) is 0 Å². The van der Waals surface area contributed by atoms with E-state index in [0.29, 0.717) is 45.1 Å². The van der Waals surface area contributed by atoms with Crippen LogP contribution in [-0.4, -0.2) is 39.6 Å². The molecular weight excluding hydrogens is 576 g/mol. The smallest absolute Gasteiger partial charge is 0.169 e. The van der Waals surface area contributed by atoms with Gasteiger partial charge in [0.15, 0.2) is 23.0 Å². The van der Waals surface area contributed by atoms with E-state index in [2.05, 4.69) is 24.3 Å². The standard InChI is InChI=1S/C40H48O6/c1-2-33-34(35(3-1)39-15-25-8-26(16-39)10-27(9-25)17-39)14-36(40-18-28-11-29(19-40)13-30(12-28)20-40)38(44-7-5-42-22-32-24-46-32)37(33)43-6-4-41-21-31-23-45-31/h1-3,14,23-30H,4-13,15-22H2. The van der Waals surface area contributed by atoms with Gasteiger partial charge in [-0.2, -0.15) is 0 Å². The van der Waals surface area contributed by atoms with Gasteiger partial charge >= 0.3 is 0 Å². The molecule has 46 heavy (non-hydrogen) atoms. The lowest BCUT2D eigenvalue weighted by atomic mass is 9.47. The lowest BCUT2D eigenvalue weighted by Gasteiger charge is -2.58. The van der Waals surface area contributed by atoms with Crippen molar-refractivity contribution in [2.24, 2.45) is 35.5 Å². The Morgan fingerprint density at radius 3 is 1.48 bits per heavy atom. The van der Waals surface area contributed by atoms with Crippen LogP contribution in [0, 0.1) is 35.5 Å². The average Bonchev–Trinajstić information content (AvgIpc) is 3.96. The number of hydrogen-bond donors (Lipinski definition) is 0. The summed E-state index contributed by atoms with van der Waals surface area (Å²) in [6.07, 6.45) is 20.1. The number of rotatable bonds is 14. The number of fused-ring (bicyclic) bond motifs is 1. The molecule has 0 saturated heterocycles. The minimum absolute atomic E-state index is 0.171. The van der Waals surface area contributed by atoms with Gasteiger partial charge < -0.3 is 28.4 Å². The molecule has 8 fully saturated rings. The van der Waals surface area contributed by atoms with Gasteiger partial charge in [-0.3, -0.25) is 0 Å². The quantitative estimate of drug-likeness (QED) is 0.197. The minimum Gasteiger partial charge on any atom is -0.487 e. The van der Waals surface area contributed by atoms with Crippen molar-refractivity contribution in [1.29, 1.82) is 0 Å². The molecule has 10 aliphatic rings. The molecule has 6 nitrogen and oxygen atoms in total. The van der Waals surface area contributed by atoms with Crippen molar-refractivity contribution in [3.05, 3.63) is 59.4 Å². The maximum atomic E-state index is 6.88. The third-order valence-corrected chi connectivity index (χ3v) is 13.3. The summed E-state index contributed by atoms with van der Waals surface area (Å²) in [4.78, 5) is 0. The van der Waals surface area contributed by atoms with Crippen molar-refractivity contribution < 1.29 is 28.4 Å². The Balaban J connectivity index is 1.08. The van der Waals surface area contributed by atoms with Crippen LogP contribution in [0.1, 0.15) is 88.2 Å². The van der Waals surface area contributed by atoms with E-state index < -0.39 is 0 Å². The number of hydrogen-bond acceptors (Lipinski definition) is 6. The Morgan fingerprint density at radius 2 is 1.00 bits per heavy atom. The Morgan fingerprint density at radius 1 is 0.543 bits per heavy atom. The molecule has 0 amide bonds. The van der Waals surface area contributed by atoms with Gasteiger partial charge in [0, 0.05) is 10.9 Å². The first-order valence-corrected chi connectivity index (χ1v) is 18.3. The fourth-order valence-electron chi connectivity index (χ4n) is 12.4. The van der Waals surface area contributed by atoms with Gasteiger partial charge in [0.25, 0.3) is 0 Å². The van der Waals surface area contributed by atoms with E-state index in [0.717, 1.165) is 58.5 Å². The maximum Gasteiger partial charge on any atom is 0.169 e. The molecule has 6 heteroatoms. The predicted molar refractivity (Wildman–Crippen MR) is 175 cm³/mol. The van der Waals surface area contributed by atoms with E-state index in [4.69, 9.17) is 28.4 Å². The lowest BCUT2D eigenvalue weighted by Crippen LogP contribution is -2.49. The zero-order chi connectivity index (χ0) is 30.3. The summed E-state index contributed by atoms with van der Waals surface area (Å²) in [5.41, 5.74) is 3.50. The van der Waals surface area contributed by atoms with Crippen LogP contribution in [0.15, 0.2) is 48.3 Å². The van der Waals surface area contributed by atoms with Gasteiger partial charge in [0.2, 0.25) is 0 Å². The van der Waals surface area contributed by atoms with Gasteiger partial charge in [0.1, 0.15) is 39.0 Å². The molecule has 0 N–H and O–H groups in total. The van der Waals surface area contributed by atoms with Gasteiger partial charge in [-0.05, 0) is 140 Å². The first-order valence-electron chi connectivity index (χ1n) is 18.3. The van der Waals surface area contributed by atoms with Gasteiger partial charge in [-0.1, -0.05) is 18.2 Å². The second kappa shape index (κ2) is 10.9. The first-order chi connectivity index (χ1) is 22.6. The molecule has 8 saturated carbocycles. The van der Waals surface area contributed by atoms with Crippen molar-refractivity contribution in [2.75, 3.05) is 39.6 Å². The number of benzene rings is 2. The highest BCUT2D eigenvalue weighted by molar-refractivity contribution is 5.95. The van der Waals surface area contributed by atoms with Crippen LogP contribution in [0.3, 0.4) is 0 Å². The predicted octanol–water partition coefficient (Wildman–Crippen LogP) is 8.31. The summed E-state index contributed by atoms with van der Waals surface area (Å²) in [7, 11) is 0. The van der Waals surface area contributed by atoms with E-state index in [1.54, 1.807) is 18.1 Å². The van der Waals surface area contributed by atoms with Gasteiger partial charge in [0.05, 0.1) is 13.2 Å². The highest BCUT2D eigenvalue weighted by atomic mass is 16.6. The van der Waals surface area contributed by atoms with Crippen LogP contribution in [0.2, 0.25) is 0 Å². The van der Waals surface area contributed by atoms with Crippen molar-refractivity contribution >= 4 is 10.8 Å². The lowest BCUT2D eigenvalue weighted by molar-refractivity contribution is -0.00712.